The summed E-state index contributed by atoms with van der Waals surface area (Å²) in [4.78, 5) is 36.5. The molecule has 1 aromatic heterocycles. The number of methoxy groups -OCH3 is 1. The van der Waals surface area contributed by atoms with Crippen molar-refractivity contribution in [1.29, 1.82) is 0 Å². The number of para-hydroxylation sites is 1. The van der Waals surface area contributed by atoms with E-state index in [1.54, 1.807) is 24.3 Å². The van der Waals surface area contributed by atoms with Crippen molar-refractivity contribution in [2.24, 2.45) is 0 Å². The molecule has 0 unspecified atom stereocenters. The van der Waals surface area contributed by atoms with Crippen LogP contribution >= 0.6 is 0 Å². The molecule has 7 nitrogen and oxygen atoms in total. The van der Waals surface area contributed by atoms with Gasteiger partial charge in [-0.1, -0.05) is 12.1 Å². The van der Waals surface area contributed by atoms with E-state index in [-0.39, 0.29) is 18.9 Å². The lowest BCUT2D eigenvalue weighted by Gasteiger charge is -2.09. The minimum atomic E-state index is -0.674. The molecule has 1 aliphatic rings. The maximum atomic E-state index is 12.4. The number of aromatic nitrogens is 1. The fourth-order valence-corrected chi connectivity index (χ4v) is 3.31. The van der Waals surface area contributed by atoms with Crippen LogP contribution in [-0.4, -0.2) is 42.5 Å². The Labute approximate surface area is 163 Å². The molecule has 3 rings (SSSR count). The summed E-state index contributed by atoms with van der Waals surface area (Å²) >= 11 is 0. The summed E-state index contributed by atoms with van der Waals surface area (Å²) in [5, 5.41) is 2.48. The van der Waals surface area contributed by atoms with Gasteiger partial charge in [0.2, 0.25) is 5.78 Å². The third-order valence-corrected chi connectivity index (χ3v) is 4.81. The molecule has 1 heterocycles. The summed E-state index contributed by atoms with van der Waals surface area (Å²) in [5.41, 5.74) is 2.85. The van der Waals surface area contributed by atoms with Crippen LogP contribution < -0.4 is 10.1 Å². The van der Waals surface area contributed by atoms with E-state index in [0.717, 1.165) is 24.2 Å². The lowest BCUT2D eigenvalue weighted by Crippen LogP contribution is -2.31. The van der Waals surface area contributed by atoms with E-state index >= 15 is 0 Å². The molecule has 0 bridgehead atoms. The van der Waals surface area contributed by atoms with E-state index in [1.165, 1.54) is 7.11 Å². The van der Waals surface area contributed by atoms with E-state index in [9.17, 15) is 14.4 Å². The lowest BCUT2D eigenvalue weighted by molar-refractivity contribution is -0.141. The second-order valence-electron chi connectivity index (χ2n) is 6.85. The molecule has 0 spiro atoms. The molecule has 1 aliphatic carbocycles. The lowest BCUT2D eigenvalue weighted by atomic mass is 10.1. The Morgan fingerprint density at radius 2 is 1.86 bits per heavy atom. The van der Waals surface area contributed by atoms with Crippen LogP contribution in [0.3, 0.4) is 0 Å². The zero-order valence-electron chi connectivity index (χ0n) is 16.3. The number of carbonyl (C=O) groups excluding carboxylic acids is 3. The van der Waals surface area contributed by atoms with Gasteiger partial charge in [-0.3, -0.25) is 14.4 Å². The standard InChI is InChI=1S/C21H24N2O5/c1-13-10-17(14(2)23(13)15-8-9-15)18(24)12-28-20(25)11-22-21(26)16-6-4-5-7-19(16)27-3/h4-7,10,15H,8-9,11-12H2,1-3H3,(H,22,26). The first-order valence-corrected chi connectivity index (χ1v) is 9.20. The number of amides is 1. The summed E-state index contributed by atoms with van der Waals surface area (Å²) in [5.74, 6) is -0.958. The monoisotopic (exact) mass is 384 g/mol. The van der Waals surface area contributed by atoms with Gasteiger partial charge in [-0.25, -0.2) is 0 Å². The topological polar surface area (TPSA) is 86.6 Å². The van der Waals surface area contributed by atoms with Crippen molar-refractivity contribution in [3.05, 3.63) is 52.8 Å². The number of hydrogen-bond acceptors (Lipinski definition) is 5. The Kier molecular flexibility index (Phi) is 5.82. The minimum absolute atomic E-state index is 0.246. The number of rotatable bonds is 8. The molecular formula is C21H24N2O5. The maximum Gasteiger partial charge on any atom is 0.325 e. The first-order chi connectivity index (χ1) is 13.4. The first kappa shape index (κ1) is 19.7. The van der Waals surface area contributed by atoms with Crippen LogP contribution in [0.25, 0.3) is 0 Å². The fraction of sp³-hybridized carbons (Fsp3) is 0.381. The van der Waals surface area contributed by atoms with E-state index < -0.39 is 11.9 Å². The van der Waals surface area contributed by atoms with Crippen LogP contribution in [0.15, 0.2) is 30.3 Å². The Hall–Kier alpha value is -3.09. The molecule has 1 amide bonds. The molecule has 1 saturated carbocycles. The minimum Gasteiger partial charge on any atom is -0.496 e. The van der Waals surface area contributed by atoms with Gasteiger partial charge in [-0.05, 0) is 44.9 Å². The number of nitrogens with one attached hydrogen (secondary N) is 1. The third-order valence-electron chi connectivity index (χ3n) is 4.81. The Morgan fingerprint density at radius 1 is 1.14 bits per heavy atom. The third kappa shape index (κ3) is 4.24. The van der Waals surface area contributed by atoms with Crippen molar-refractivity contribution in [2.45, 2.75) is 32.7 Å². The SMILES string of the molecule is COc1ccccc1C(=O)NCC(=O)OCC(=O)c1cc(C)n(C2CC2)c1C. The van der Waals surface area contributed by atoms with E-state index in [4.69, 9.17) is 9.47 Å². The summed E-state index contributed by atoms with van der Waals surface area (Å²) in [6.45, 7) is 3.21. The number of Topliss-reactive ketones (excluding diaryl/α,β-unsaturated/α-hetero) is 1. The van der Waals surface area contributed by atoms with Gasteiger partial charge < -0.3 is 19.4 Å². The number of esters is 1. The molecule has 28 heavy (non-hydrogen) atoms. The van der Waals surface area contributed by atoms with Crippen molar-refractivity contribution in [1.82, 2.24) is 9.88 Å². The van der Waals surface area contributed by atoms with Gasteiger partial charge in [-0.2, -0.15) is 0 Å². The highest BCUT2D eigenvalue weighted by atomic mass is 16.5. The maximum absolute atomic E-state index is 12.4. The number of nitrogens with zero attached hydrogens (tertiary/aromatic N) is 1. The van der Waals surface area contributed by atoms with Gasteiger partial charge in [0, 0.05) is 23.0 Å². The molecule has 0 saturated heterocycles. The predicted molar refractivity (Wildman–Crippen MR) is 103 cm³/mol. The second kappa shape index (κ2) is 8.29. The number of aryl methyl sites for hydroxylation is 1. The zero-order chi connectivity index (χ0) is 20.3. The van der Waals surface area contributed by atoms with Crippen LogP contribution in [0.5, 0.6) is 5.75 Å². The fourth-order valence-electron chi connectivity index (χ4n) is 3.31. The van der Waals surface area contributed by atoms with Crippen LogP contribution in [0.4, 0.5) is 0 Å². The van der Waals surface area contributed by atoms with Crippen molar-refractivity contribution in [3.63, 3.8) is 0 Å². The highest BCUT2D eigenvalue weighted by Crippen LogP contribution is 2.38. The van der Waals surface area contributed by atoms with Gasteiger partial charge in [0.25, 0.3) is 5.91 Å². The average Bonchev–Trinajstić information content (AvgIpc) is 3.48. The normalized spacial score (nSPS) is 13.1. The predicted octanol–water partition coefficient (Wildman–Crippen LogP) is 2.60. The van der Waals surface area contributed by atoms with Gasteiger partial charge in [0.05, 0.1) is 12.7 Å². The Morgan fingerprint density at radius 3 is 2.54 bits per heavy atom. The molecular weight excluding hydrogens is 360 g/mol. The van der Waals surface area contributed by atoms with Gasteiger partial charge in [-0.15, -0.1) is 0 Å². The van der Waals surface area contributed by atoms with Crippen LogP contribution in [0.2, 0.25) is 0 Å². The summed E-state index contributed by atoms with van der Waals surface area (Å²) in [7, 11) is 1.46. The highest BCUT2D eigenvalue weighted by molar-refractivity contribution is 6.00. The molecule has 1 N–H and O–H groups in total. The molecule has 1 fully saturated rings. The number of benzene rings is 1. The van der Waals surface area contributed by atoms with Crippen LogP contribution in [-0.2, 0) is 9.53 Å². The molecule has 1 aromatic carbocycles. The number of ether oxygens (including phenoxy) is 2. The Bertz CT molecular complexity index is 912. The Balaban J connectivity index is 1.51. The largest absolute Gasteiger partial charge is 0.496 e. The van der Waals surface area contributed by atoms with Crippen molar-refractivity contribution < 1.29 is 23.9 Å². The van der Waals surface area contributed by atoms with Gasteiger partial charge in [0.15, 0.2) is 6.61 Å². The first-order valence-electron chi connectivity index (χ1n) is 9.20. The quantitative estimate of drug-likeness (QED) is 0.558. The average molecular weight is 384 g/mol. The molecule has 0 radical (unpaired) electrons. The van der Waals surface area contributed by atoms with E-state index in [1.807, 2.05) is 19.9 Å². The molecule has 7 heteroatoms. The zero-order valence-corrected chi connectivity index (χ0v) is 16.3. The number of hydrogen-bond donors (Lipinski definition) is 1. The number of carbonyl (C=O) groups is 3. The second-order valence-corrected chi connectivity index (χ2v) is 6.85. The van der Waals surface area contributed by atoms with Crippen molar-refractivity contribution >= 4 is 17.7 Å². The summed E-state index contributed by atoms with van der Waals surface area (Å²) in [6.07, 6.45) is 2.26. The van der Waals surface area contributed by atoms with Crippen molar-refractivity contribution in [3.8, 4) is 5.75 Å². The van der Waals surface area contributed by atoms with Gasteiger partial charge in [0.1, 0.15) is 12.3 Å². The molecule has 0 atom stereocenters. The summed E-state index contributed by atoms with van der Waals surface area (Å²) in [6, 6.07) is 9.02. The van der Waals surface area contributed by atoms with Crippen LogP contribution in [0, 0.1) is 13.8 Å². The molecule has 148 valence electrons. The van der Waals surface area contributed by atoms with Crippen molar-refractivity contribution in [2.75, 3.05) is 20.3 Å². The highest BCUT2D eigenvalue weighted by Gasteiger charge is 2.28. The van der Waals surface area contributed by atoms with E-state index in [2.05, 4.69) is 9.88 Å². The smallest absolute Gasteiger partial charge is 0.325 e. The van der Waals surface area contributed by atoms with E-state index in [0.29, 0.717) is 22.9 Å². The number of ketones is 1. The van der Waals surface area contributed by atoms with Crippen LogP contribution in [0.1, 0.15) is 51.0 Å². The molecule has 2 aromatic rings. The molecule has 0 aliphatic heterocycles. The summed E-state index contributed by atoms with van der Waals surface area (Å²) < 4.78 is 12.3. The van der Waals surface area contributed by atoms with Gasteiger partial charge >= 0.3 is 5.97 Å².